The summed E-state index contributed by atoms with van der Waals surface area (Å²) in [4.78, 5) is 13.1. The minimum Gasteiger partial charge on any atom is -0.492 e. The van der Waals surface area contributed by atoms with Gasteiger partial charge >= 0.3 is 0 Å². The van der Waals surface area contributed by atoms with Gasteiger partial charge in [0.2, 0.25) is 5.91 Å². The zero-order chi connectivity index (χ0) is 22.3. The van der Waals surface area contributed by atoms with E-state index in [0.29, 0.717) is 30.2 Å². The molecule has 3 aromatic rings. The molecule has 0 saturated carbocycles. The van der Waals surface area contributed by atoms with Gasteiger partial charge in [-0.3, -0.25) is 9.10 Å². The zero-order valence-electron chi connectivity index (χ0n) is 17.6. The molecule has 0 bridgehead atoms. The molecule has 0 aliphatic rings. The average molecular weight is 439 g/mol. The number of nitrogens with zero attached hydrogens (tertiary/aromatic N) is 1. The molecule has 3 rings (SSSR count). The van der Waals surface area contributed by atoms with Crippen LogP contribution < -0.4 is 14.4 Å². The van der Waals surface area contributed by atoms with Crippen LogP contribution in [0.5, 0.6) is 5.75 Å². The number of carbonyl (C=O) groups excluding carboxylic acids is 1. The second-order valence-corrected chi connectivity index (χ2v) is 8.65. The van der Waals surface area contributed by atoms with Crippen LogP contribution in [0.15, 0.2) is 83.8 Å². The van der Waals surface area contributed by atoms with Crippen molar-refractivity contribution < 1.29 is 17.9 Å². The summed E-state index contributed by atoms with van der Waals surface area (Å²) < 4.78 is 33.7. The number of para-hydroxylation sites is 3. The van der Waals surface area contributed by atoms with Crippen LogP contribution >= 0.6 is 0 Å². The molecule has 0 spiro atoms. The molecule has 3 aromatic carbocycles. The van der Waals surface area contributed by atoms with Gasteiger partial charge in [0.25, 0.3) is 10.0 Å². The second kappa shape index (κ2) is 10.1. The van der Waals surface area contributed by atoms with Gasteiger partial charge in [-0.15, -0.1) is 0 Å². The van der Waals surface area contributed by atoms with Crippen LogP contribution in [0.1, 0.15) is 19.4 Å². The Balaban J connectivity index is 1.97. The lowest BCUT2D eigenvalue weighted by molar-refractivity contribution is -0.114. The van der Waals surface area contributed by atoms with Gasteiger partial charge in [-0.05, 0) is 49.2 Å². The standard InChI is InChI=1S/C24H26N2O4S/c1-3-19-12-8-10-16-22(19)26(31(28,29)20-13-6-5-7-14-20)18-24(27)25-21-15-9-11-17-23(21)30-4-2/h5-17H,3-4,18H2,1-2H3,(H,25,27). The fourth-order valence-electron chi connectivity index (χ4n) is 3.24. The lowest BCUT2D eigenvalue weighted by atomic mass is 10.1. The minimum absolute atomic E-state index is 0.128. The molecule has 0 aromatic heterocycles. The molecule has 0 unspecified atom stereocenters. The topological polar surface area (TPSA) is 75.7 Å². The van der Waals surface area contributed by atoms with Gasteiger partial charge in [0.05, 0.1) is 22.9 Å². The highest BCUT2D eigenvalue weighted by atomic mass is 32.2. The van der Waals surface area contributed by atoms with Gasteiger partial charge in [0.1, 0.15) is 12.3 Å². The monoisotopic (exact) mass is 438 g/mol. The van der Waals surface area contributed by atoms with E-state index in [1.165, 1.54) is 16.4 Å². The van der Waals surface area contributed by atoms with Crippen LogP contribution in [0.2, 0.25) is 0 Å². The molecular weight excluding hydrogens is 412 g/mol. The van der Waals surface area contributed by atoms with E-state index in [9.17, 15) is 13.2 Å². The predicted octanol–water partition coefficient (Wildman–Crippen LogP) is 4.48. The molecule has 6 nitrogen and oxygen atoms in total. The summed E-state index contributed by atoms with van der Waals surface area (Å²) in [5.41, 5.74) is 1.82. The maximum atomic E-state index is 13.5. The van der Waals surface area contributed by atoms with Crippen molar-refractivity contribution in [1.29, 1.82) is 0 Å². The van der Waals surface area contributed by atoms with Gasteiger partial charge in [-0.2, -0.15) is 0 Å². The van der Waals surface area contributed by atoms with Gasteiger partial charge in [0, 0.05) is 0 Å². The number of amides is 1. The number of rotatable bonds is 9. The summed E-state index contributed by atoms with van der Waals surface area (Å²) in [6.45, 7) is 3.89. The molecule has 162 valence electrons. The first-order valence-corrected chi connectivity index (χ1v) is 11.6. The second-order valence-electron chi connectivity index (χ2n) is 6.78. The number of benzene rings is 3. The van der Waals surface area contributed by atoms with Gasteiger partial charge in [-0.25, -0.2) is 8.42 Å². The van der Waals surface area contributed by atoms with Crippen molar-refractivity contribution in [2.24, 2.45) is 0 Å². The first-order chi connectivity index (χ1) is 15.0. The summed E-state index contributed by atoms with van der Waals surface area (Å²) in [6.07, 6.45) is 0.631. The highest BCUT2D eigenvalue weighted by Crippen LogP contribution is 2.28. The SMILES string of the molecule is CCOc1ccccc1NC(=O)CN(c1ccccc1CC)S(=O)(=O)c1ccccc1. The number of carbonyl (C=O) groups is 1. The molecule has 0 aliphatic carbocycles. The number of ether oxygens (including phenoxy) is 1. The maximum Gasteiger partial charge on any atom is 0.264 e. The molecule has 7 heteroatoms. The fourth-order valence-corrected chi connectivity index (χ4v) is 4.72. The summed E-state index contributed by atoms with van der Waals surface area (Å²) in [5, 5.41) is 2.79. The summed E-state index contributed by atoms with van der Waals surface area (Å²) in [7, 11) is -3.95. The molecule has 0 aliphatic heterocycles. The third-order valence-electron chi connectivity index (χ3n) is 4.72. The van der Waals surface area contributed by atoms with Gasteiger partial charge in [-0.1, -0.05) is 55.5 Å². The van der Waals surface area contributed by atoms with Crippen molar-refractivity contribution in [2.75, 3.05) is 22.8 Å². The number of aryl methyl sites for hydroxylation is 1. The number of sulfonamides is 1. The van der Waals surface area contributed by atoms with Crippen LogP contribution in [0, 0.1) is 0 Å². The summed E-state index contributed by atoms with van der Waals surface area (Å²) >= 11 is 0. The van der Waals surface area contributed by atoms with E-state index in [1.54, 1.807) is 48.5 Å². The van der Waals surface area contributed by atoms with Gasteiger partial charge in [0.15, 0.2) is 0 Å². The molecule has 0 saturated heterocycles. The molecule has 0 heterocycles. The van der Waals surface area contributed by atoms with E-state index in [0.717, 1.165) is 5.56 Å². The largest absolute Gasteiger partial charge is 0.492 e. The molecule has 1 N–H and O–H groups in total. The van der Waals surface area contributed by atoms with Crippen LogP contribution in [0.4, 0.5) is 11.4 Å². The first-order valence-electron chi connectivity index (χ1n) is 10.1. The average Bonchev–Trinajstić information content (AvgIpc) is 2.79. The van der Waals surface area contributed by atoms with E-state index in [4.69, 9.17) is 4.74 Å². The van der Waals surface area contributed by atoms with Gasteiger partial charge < -0.3 is 10.1 Å². The van der Waals surface area contributed by atoms with E-state index in [1.807, 2.05) is 32.0 Å². The molecule has 0 atom stereocenters. The third-order valence-corrected chi connectivity index (χ3v) is 6.49. The first kappa shape index (κ1) is 22.4. The maximum absolute atomic E-state index is 13.5. The van der Waals surface area contributed by atoms with Crippen LogP contribution in [-0.4, -0.2) is 27.5 Å². The van der Waals surface area contributed by atoms with Crippen molar-refractivity contribution in [1.82, 2.24) is 0 Å². The zero-order valence-corrected chi connectivity index (χ0v) is 18.4. The Hall–Kier alpha value is -3.32. The molecule has 1 amide bonds. The van der Waals surface area contributed by atoms with Crippen molar-refractivity contribution in [3.05, 3.63) is 84.4 Å². The molecule has 0 fully saturated rings. The fraction of sp³-hybridized carbons (Fsp3) is 0.208. The smallest absolute Gasteiger partial charge is 0.264 e. The Kier molecular flexibility index (Phi) is 7.31. The Morgan fingerprint density at radius 2 is 1.55 bits per heavy atom. The highest BCUT2D eigenvalue weighted by Gasteiger charge is 2.28. The summed E-state index contributed by atoms with van der Waals surface area (Å²) in [6, 6.07) is 22.4. The predicted molar refractivity (Wildman–Crippen MR) is 123 cm³/mol. The van der Waals surface area contributed by atoms with E-state index < -0.39 is 15.9 Å². The van der Waals surface area contributed by atoms with Crippen molar-refractivity contribution in [2.45, 2.75) is 25.2 Å². The number of anilines is 2. The van der Waals surface area contributed by atoms with Crippen molar-refractivity contribution in [3.8, 4) is 5.75 Å². The minimum atomic E-state index is -3.95. The quantitative estimate of drug-likeness (QED) is 0.534. The highest BCUT2D eigenvalue weighted by molar-refractivity contribution is 7.92. The Morgan fingerprint density at radius 3 is 2.26 bits per heavy atom. The van der Waals surface area contributed by atoms with E-state index in [2.05, 4.69) is 5.32 Å². The Bertz CT molecular complexity index is 1130. The van der Waals surface area contributed by atoms with Crippen molar-refractivity contribution in [3.63, 3.8) is 0 Å². The number of nitrogens with one attached hydrogen (secondary N) is 1. The number of hydrogen-bond donors (Lipinski definition) is 1. The number of hydrogen-bond acceptors (Lipinski definition) is 4. The van der Waals surface area contributed by atoms with Crippen LogP contribution in [-0.2, 0) is 21.2 Å². The lowest BCUT2D eigenvalue weighted by Gasteiger charge is -2.26. The Morgan fingerprint density at radius 1 is 0.903 bits per heavy atom. The van der Waals surface area contributed by atoms with E-state index >= 15 is 0 Å². The third kappa shape index (κ3) is 5.24. The summed E-state index contributed by atoms with van der Waals surface area (Å²) in [5.74, 6) is 0.0716. The molecule has 31 heavy (non-hydrogen) atoms. The molecular formula is C24H26N2O4S. The van der Waals surface area contributed by atoms with Crippen LogP contribution in [0.3, 0.4) is 0 Å². The molecule has 0 radical (unpaired) electrons. The lowest BCUT2D eigenvalue weighted by Crippen LogP contribution is -2.38. The van der Waals surface area contributed by atoms with E-state index in [-0.39, 0.29) is 11.4 Å². The van der Waals surface area contributed by atoms with Crippen LogP contribution in [0.25, 0.3) is 0 Å². The Labute approximate surface area is 183 Å². The normalized spacial score (nSPS) is 11.0. The van der Waals surface area contributed by atoms with Crippen molar-refractivity contribution >= 4 is 27.3 Å².